The molecular weight excluding hydrogens is 368 g/mol. The topological polar surface area (TPSA) is 101 Å². The van der Waals surface area contributed by atoms with Crippen LogP contribution in [0.25, 0.3) is 0 Å². The van der Waals surface area contributed by atoms with Crippen molar-refractivity contribution in [3.63, 3.8) is 0 Å². The smallest absolute Gasteiger partial charge is 0.326 e. The highest BCUT2D eigenvalue weighted by Crippen LogP contribution is 2.13. The molecule has 2 aromatic rings. The van der Waals surface area contributed by atoms with Gasteiger partial charge in [0.25, 0.3) is 0 Å². The highest BCUT2D eigenvalue weighted by atomic mass is 35.5. The molecule has 0 unspecified atom stereocenters. The molecule has 1 aromatic heterocycles. The van der Waals surface area contributed by atoms with Crippen molar-refractivity contribution in [3.8, 4) is 0 Å². The fraction of sp³-hybridized carbons (Fsp3) is 0.333. The molecule has 0 saturated heterocycles. The van der Waals surface area contributed by atoms with E-state index in [4.69, 9.17) is 16.3 Å². The van der Waals surface area contributed by atoms with Gasteiger partial charge in [0.2, 0.25) is 11.9 Å². The van der Waals surface area contributed by atoms with Crippen molar-refractivity contribution < 1.29 is 9.53 Å². The number of halogens is 1. The number of aromatic nitrogens is 2. The Hall–Kier alpha value is -2.71. The lowest BCUT2D eigenvalue weighted by Crippen LogP contribution is -2.39. The van der Waals surface area contributed by atoms with Gasteiger partial charge in [0.1, 0.15) is 0 Å². The molecule has 0 saturated carbocycles. The molecule has 144 valence electrons. The molecule has 1 aromatic carbocycles. The maximum absolute atomic E-state index is 12.3. The monoisotopic (exact) mass is 390 g/mol. The number of aliphatic imine (C=N–C) groups is 1. The average Bonchev–Trinajstić information content (AvgIpc) is 2.59. The van der Waals surface area contributed by atoms with Crippen LogP contribution in [0.5, 0.6) is 0 Å². The summed E-state index contributed by atoms with van der Waals surface area (Å²) in [5, 5.41) is 8.94. The minimum Gasteiger partial charge on any atom is -0.385 e. The van der Waals surface area contributed by atoms with Crippen LogP contribution in [0.2, 0.25) is 5.02 Å². The number of guanidine groups is 1. The number of anilines is 2. The summed E-state index contributed by atoms with van der Waals surface area (Å²) in [6, 6.07) is 8.22. The fourth-order valence-corrected chi connectivity index (χ4v) is 2.33. The summed E-state index contributed by atoms with van der Waals surface area (Å²) in [5.41, 5.74) is 2.24. The predicted molar refractivity (Wildman–Crippen MR) is 108 cm³/mol. The number of amides is 2. The minimum absolute atomic E-state index is 0.252. The molecule has 0 aliphatic carbocycles. The first kappa shape index (κ1) is 20.6. The molecular formula is C18H23ClN6O2. The minimum atomic E-state index is -0.445. The van der Waals surface area contributed by atoms with Gasteiger partial charge in [-0.25, -0.2) is 14.8 Å². The van der Waals surface area contributed by atoms with E-state index in [1.165, 1.54) is 0 Å². The van der Waals surface area contributed by atoms with Gasteiger partial charge < -0.3 is 10.1 Å². The Morgan fingerprint density at radius 2 is 1.81 bits per heavy atom. The summed E-state index contributed by atoms with van der Waals surface area (Å²) in [4.78, 5) is 25.3. The molecule has 3 N–H and O–H groups in total. The van der Waals surface area contributed by atoms with E-state index in [-0.39, 0.29) is 5.96 Å². The Labute approximate surface area is 163 Å². The second-order valence-electron chi connectivity index (χ2n) is 5.76. The summed E-state index contributed by atoms with van der Waals surface area (Å²) < 4.78 is 5.02. The molecule has 0 atom stereocenters. The standard InChI is InChI=1S/C18H23ClN6O2/c1-12-11-13(2)22-17(21-12)24-16(20-9-4-10-27-3)25-18(26)23-15-7-5-14(19)6-8-15/h5-8,11H,4,9-10H2,1-3H3,(H3,20,21,22,23,24,25,26). The third kappa shape index (κ3) is 7.59. The Kier molecular flexibility index (Phi) is 7.97. The molecule has 2 rings (SSSR count). The molecule has 0 fully saturated rings. The lowest BCUT2D eigenvalue weighted by atomic mass is 10.3. The van der Waals surface area contributed by atoms with Crippen molar-refractivity contribution in [1.29, 1.82) is 0 Å². The van der Waals surface area contributed by atoms with E-state index in [1.54, 1.807) is 31.4 Å². The number of aryl methyl sites for hydroxylation is 2. The maximum Gasteiger partial charge on any atom is 0.326 e. The van der Waals surface area contributed by atoms with Crippen molar-refractivity contribution in [2.24, 2.45) is 4.99 Å². The number of carbonyl (C=O) groups excluding carboxylic acids is 1. The molecule has 0 aliphatic heterocycles. The Bertz CT molecular complexity index is 775. The van der Waals surface area contributed by atoms with Gasteiger partial charge in [-0.3, -0.25) is 15.6 Å². The molecule has 0 radical (unpaired) electrons. The van der Waals surface area contributed by atoms with E-state index in [0.29, 0.717) is 29.8 Å². The normalized spacial score (nSPS) is 11.2. The Morgan fingerprint density at radius 3 is 2.44 bits per heavy atom. The number of ether oxygens (including phenoxy) is 1. The summed E-state index contributed by atoms with van der Waals surface area (Å²) in [7, 11) is 1.63. The second kappa shape index (κ2) is 10.4. The fourth-order valence-electron chi connectivity index (χ4n) is 2.20. The van der Waals surface area contributed by atoms with E-state index < -0.39 is 6.03 Å². The lowest BCUT2D eigenvalue weighted by Gasteiger charge is -2.12. The van der Waals surface area contributed by atoms with E-state index >= 15 is 0 Å². The first-order chi connectivity index (χ1) is 13.0. The van der Waals surface area contributed by atoms with Crippen molar-refractivity contribution in [2.45, 2.75) is 20.3 Å². The number of hydrogen-bond acceptors (Lipinski definition) is 5. The zero-order valence-corrected chi connectivity index (χ0v) is 16.3. The summed E-state index contributed by atoms with van der Waals surface area (Å²) in [6.45, 7) is 4.79. The number of urea groups is 1. The summed E-state index contributed by atoms with van der Waals surface area (Å²) in [5.74, 6) is 0.618. The molecule has 9 heteroatoms. The van der Waals surface area contributed by atoms with Gasteiger partial charge >= 0.3 is 6.03 Å². The Balaban J connectivity index is 2.06. The second-order valence-corrected chi connectivity index (χ2v) is 6.20. The number of hydrogen-bond donors (Lipinski definition) is 3. The molecule has 1 heterocycles. The number of nitrogens with one attached hydrogen (secondary N) is 3. The summed E-state index contributed by atoms with van der Waals surface area (Å²) >= 11 is 5.85. The van der Waals surface area contributed by atoms with Crippen LogP contribution in [0.15, 0.2) is 35.3 Å². The van der Waals surface area contributed by atoms with Gasteiger partial charge in [-0.05, 0) is 50.6 Å². The number of rotatable bonds is 6. The first-order valence-corrected chi connectivity index (χ1v) is 8.80. The largest absolute Gasteiger partial charge is 0.385 e. The zero-order chi connectivity index (χ0) is 19.6. The maximum atomic E-state index is 12.3. The molecule has 0 bridgehead atoms. The first-order valence-electron chi connectivity index (χ1n) is 8.42. The van der Waals surface area contributed by atoms with Crippen LogP contribution in [-0.4, -0.2) is 42.2 Å². The molecule has 8 nitrogen and oxygen atoms in total. The van der Waals surface area contributed by atoms with Crippen LogP contribution in [0.1, 0.15) is 17.8 Å². The number of benzene rings is 1. The Morgan fingerprint density at radius 1 is 1.15 bits per heavy atom. The summed E-state index contributed by atoms with van der Waals surface area (Å²) in [6.07, 6.45) is 0.718. The SMILES string of the molecule is COCCCN=C(NC(=O)Nc1ccc(Cl)cc1)Nc1nc(C)cc(C)n1. The van der Waals surface area contributed by atoms with Crippen molar-refractivity contribution in [1.82, 2.24) is 15.3 Å². The van der Waals surface area contributed by atoms with Gasteiger partial charge in [-0.15, -0.1) is 0 Å². The predicted octanol–water partition coefficient (Wildman–Crippen LogP) is 3.37. The van der Waals surface area contributed by atoms with Gasteiger partial charge in [-0.1, -0.05) is 11.6 Å². The van der Waals surface area contributed by atoms with Crippen LogP contribution in [-0.2, 0) is 4.74 Å². The van der Waals surface area contributed by atoms with Gasteiger partial charge in [-0.2, -0.15) is 0 Å². The molecule has 2 amide bonds. The number of nitrogens with zero attached hydrogens (tertiary/aromatic N) is 3. The quantitative estimate of drug-likeness (QED) is 0.399. The van der Waals surface area contributed by atoms with Gasteiger partial charge in [0, 0.05) is 42.4 Å². The van der Waals surface area contributed by atoms with Crippen molar-refractivity contribution in [3.05, 3.63) is 46.7 Å². The van der Waals surface area contributed by atoms with Gasteiger partial charge in [0.15, 0.2) is 0 Å². The molecule has 0 aliphatic rings. The van der Waals surface area contributed by atoms with Gasteiger partial charge in [0.05, 0.1) is 0 Å². The van der Waals surface area contributed by atoms with Crippen molar-refractivity contribution >= 4 is 35.2 Å². The van der Waals surface area contributed by atoms with E-state index in [1.807, 2.05) is 19.9 Å². The number of methoxy groups -OCH3 is 1. The van der Waals surface area contributed by atoms with Crippen LogP contribution in [0, 0.1) is 13.8 Å². The van der Waals surface area contributed by atoms with E-state index in [2.05, 4.69) is 30.9 Å². The third-order valence-electron chi connectivity index (χ3n) is 3.32. The zero-order valence-electron chi connectivity index (χ0n) is 15.5. The van der Waals surface area contributed by atoms with Crippen LogP contribution in [0.3, 0.4) is 0 Å². The lowest BCUT2D eigenvalue weighted by molar-refractivity contribution is 0.197. The average molecular weight is 391 g/mol. The third-order valence-corrected chi connectivity index (χ3v) is 3.57. The van der Waals surface area contributed by atoms with Crippen LogP contribution < -0.4 is 16.0 Å². The highest BCUT2D eigenvalue weighted by molar-refractivity contribution is 6.30. The molecule has 0 spiro atoms. The highest BCUT2D eigenvalue weighted by Gasteiger charge is 2.09. The van der Waals surface area contributed by atoms with E-state index in [9.17, 15) is 4.79 Å². The van der Waals surface area contributed by atoms with Crippen LogP contribution >= 0.6 is 11.6 Å². The molecule has 27 heavy (non-hydrogen) atoms. The van der Waals surface area contributed by atoms with Crippen molar-refractivity contribution in [2.75, 3.05) is 30.9 Å². The number of carbonyl (C=O) groups is 1. The van der Waals surface area contributed by atoms with E-state index in [0.717, 1.165) is 17.8 Å². The van der Waals surface area contributed by atoms with Crippen LogP contribution in [0.4, 0.5) is 16.4 Å².